The number of hydrogen-bond donors (Lipinski definition) is 2. The fourth-order valence-corrected chi connectivity index (χ4v) is 2.70. The van der Waals surface area contributed by atoms with Crippen LogP contribution in [0.5, 0.6) is 0 Å². The lowest BCUT2D eigenvalue weighted by molar-refractivity contribution is -0.132. The zero-order valence-electron chi connectivity index (χ0n) is 9.64. The first-order valence-electron chi connectivity index (χ1n) is 6.22. The summed E-state index contributed by atoms with van der Waals surface area (Å²) in [5.74, 6) is 0.288. The Hall–Kier alpha value is -0.570. The lowest BCUT2D eigenvalue weighted by atomic mass is 9.75. The van der Waals surface area contributed by atoms with E-state index < -0.39 is 0 Å². The average Bonchev–Trinajstić information content (AvgIpc) is 2.71. The van der Waals surface area contributed by atoms with Gasteiger partial charge in [0.15, 0.2) is 0 Å². The summed E-state index contributed by atoms with van der Waals surface area (Å²) < 4.78 is 0. The summed E-state index contributed by atoms with van der Waals surface area (Å²) in [5.41, 5.74) is -0.0825. The van der Waals surface area contributed by atoms with Crippen LogP contribution in [0.25, 0.3) is 0 Å². The van der Waals surface area contributed by atoms with Crippen LogP contribution in [0.15, 0.2) is 0 Å². The molecule has 1 amide bonds. The normalized spacial score (nSPS) is 30.1. The summed E-state index contributed by atoms with van der Waals surface area (Å²) >= 11 is 0. The highest BCUT2D eigenvalue weighted by Crippen LogP contribution is 2.35. The largest absolute Gasteiger partial charge is 0.352 e. The summed E-state index contributed by atoms with van der Waals surface area (Å²) in [7, 11) is 0. The molecule has 1 atom stereocenters. The predicted molar refractivity (Wildman–Crippen MR) is 60.6 cm³/mol. The first-order valence-corrected chi connectivity index (χ1v) is 6.22. The van der Waals surface area contributed by atoms with Crippen molar-refractivity contribution < 1.29 is 4.79 Å². The number of carbonyl (C=O) groups is 1. The standard InChI is InChI=1S/C12H22N2O/c1-12(6-3-2-4-7-12)11(15)14-10-5-8-13-9-10/h10,13H,2-9H2,1H3,(H,14,15)/t10-/m0/s1. The van der Waals surface area contributed by atoms with Crippen molar-refractivity contribution in [1.82, 2.24) is 10.6 Å². The maximum Gasteiger partial charge on any atom is 0.226 e. The molecule has 0 unspecified atom stereocenters. The Balaban J connectivity index is 1.87. The molecule has 1 aliphatic carbocycles. The summed E-state index contributed by atoms with van der Waals surface area (Å²) in [6, 6.07) is 0.372. The Morgan fingerprint density at radius 2 is 2.07 bits per heavy atom. The number of carbonyl (C=O) groups excluding carboxylic acids is 1. The van der Waals surface area contributed by atoms with E-state index in [0.717, 1.165) is 32.4 Å². The van der Waals surface area contributed by atoms with E-state index in [1.807, 2.05) is 0 Å². The van der Waals surface area contributed by atoms with E-state index >= 15 is 0 Å². The van der Waals surface area contributed by atoms with Crippen LogP contribution >= 0.6 is 0 Å². The molecule has 0 radical (unpaired) electrons. The highest BCUT2D eigenvalue weighted by molar-refractivity contribution is 5.82. The van der Waals surface area contributed by atoms with Crippen molar-refractivity contribution in [2.24, 2.45) is 5.41 Å². The summed E-state index contributed by atoms with van der Waals surface area (Å²) in [6.45, 7) is 4.12. The fourth-order valence-electron chi connectivity index (χ4n) is 2.70. The van der Waals surface area contributed by atoms with Crippen molar-refractivity contribution >= 4 is 5.91 Å². The van der Waals surface area contributed by atoms with Gasteiger partial charge in [-0.25, -0.2) is 0 Å². The van der Waals surface area contributed by atoms with E-state index in [1.54, 1.807) is 0 Å². The maximum atomic E-state index is 12.1. The molecular formula is C12H22N2O. The Kier molecular flexibility index (Phi) is 3.29. The lowest BCUT2D eigenvalue weighted by Crippen LogP contribution is -2.45. The molecule has 1 saturated carbocycles. The minimum Gasteiger partial charge on any atom is -0.352 e. The Morgan fingerprint density at radius 3 is 2.67 bits per heavy atom. The van der Waals surface area contributed by atoms with Crippen LogP contribution in [0.4, 0.5) is 0 Å². The monoisotopic (exact) mass is 210 g/mol. The molecule has 86 valence electrons. The summed E-state index contributed by atoms with van der Waals surface area (Å²) in [4.78, 5) is 12.1. The molecule has 2 rings (SSSR count). The number of amides is 1. The van der Waals surface area contributed by atoms with Gasteiger partial charge in [0.25, 0.3) is 0 Å². The van der Waals surface area contributed by atoms with E-state index in [4.69, 9.17) is 0 Å². The van der Waals surface area contributed by atoms with E-state index in [9.17, 15) is 4.79 Å². The van der Waals surface area contributed by atoms with E-state index in [0.29, 0.717) is 6.04 Å². The second-order valence-corrected chi connectivity index (χ2v) is 5.28. The van der Waals surface area contributed by atoms with Crippen LogP contribution in [0.1, 0.15) is 45.4 Å². The molecule has 15 heavy (non-hydrogen) atoms. The fraction of sp³-hybridized carbons (Fsp3) is 0.917. The molecule has 2 fully saturated rings. The van der Waals surface area contributed by atoms with Crippen LogP contribution in [0.3, 0.4) is 0 Å². The van der Waals surface area contributed by atoms with Crippen LogP contribution in [-0.4, -0.2) is 25.0 Å². The minimum atomic E-state index is -0.0825. The van der Waals surface area contributed by atoms with E-state index in [2.05, 4.69) is 17.6 Å². The molecule has 3 nitrogen and oxygen atoms in total. The van der Waals surface area contributed by atoms with E-state index in [1.165, 1.54) is 19.3 Å². The van der Waals surface area contributed by atoms with Gasteiger partial charge in [0.05, 0.1) is 0 Å². The van der Waals surface area contributed by atoms with Gasteiger partial charge >= 0.3 is 0 Å². The van der Waals surface area contributed by atoms with Crippen molar-refractivity contribution in [3.05, 3.63) is 0 Å². The summed E-state index contributed by atoms with van der Waals surface area (Å²) in [5, 5.41) is 6.47. The van der Waals surface area contributed by atoms with E-state index in [-0.39, 0.29) is 11.3 Å². The zero-order chi connectivity index (χ0) is 10.7. The first kappa shape index (κ1) is 10.9. The molecule has 3 heteroatoms. The highest BCUT2D eigenvalue weighted by Gasteiger charge is 2.35. The Labute approximate surface area is 92.0 Å². The van der Waals surface area contributed by atoms with Crippen LogP contribution in [0.2, 0.25) is 0 Å². The molecule has 1 heterocycles. The van der Waals surface area contributed by atoms with Crippen molar-refractivity contribution in [2.75, 3.05) is 13.1 Å². The number of rotatable bonds is 2. The van der Waals surface area contributed by atoms with Gasteiger partial charge in [-0.05, 0) is 25.8 Å². The molecule has 2 aliphatic rings. The van der Waals surface area contributed by atoms with Crippen molar-refractivity contribution in [2.45, 2.75) is 51.5 Å². The third-order valence-corrected chi connectivity index (χ3v) is 3.90. The SMILES string of the molecule is CC1(C(=O)N[C@H]2CCNC2)CCCCC1. The number of nitrogens with one attached hydrogen (secondary N) is 2. The Morgan fingerprint density at radius 1 is 1.33 bits per heavy atom. The predicted octanol–water partition coefficient (Wildman–Crippen LogP) is 1.43. The third kappa shape index (κ3) is 2.51. The van der Waals surface area contributed by atoms with Gasteiger partial charge in [-0.15, -0.1) is 0 Å². The van der Waals surface area contributed by atoms with Crippen LogP contribution < -0.4 is 10.6 Å². The second kappa shape index (κ2) is 4.52. The highest BCUT2D eigenvalue weighted by atomic mass is 16.2. The average molecular weight is 210 g/mol. The van der Waals surface area contributed by atoms with Gasteiger partial charge in [0.1, 0.15) is 0 Å². The van der Waals surface area contributed by atoms with Crippen molar-refractivity contribution in [3.8, 4) is 0 Å². The number of hydrogen-bond acceptors (Lipinski definition) is 2. The van der Waals surface area contributed by atoms with Crippen molar-refractivity contribution in [3.63, 3.8) is 0 Å². The lowest BCUT2D eigenvalue weighted by Gasteiger charge is -2.33. The smallest absolute Gasteiger partial charge is 0.226 e. The molecular weight excluding hydrogens is 188 g/mol. The van der Waals surface area contributed by atoms with Gasteiger partial charge in [-0.3, -0.25) is 4.79 Å². The topological polar surface area (TPSA) is 41.1 Å². The third-order valence-electron chi connectivity index (χ3n) is 3.90. The quantitative estimate of drug-likeness (QED) is 0.724. The molecule has 0 bridgehead atoms. The molecule has 0 aromatic heterocycles. The van der Waals surface area contributed by atoms with Gasteiger partial charge in [-0.2, -0.15) is 0 Å². The van der Waals surface area contributed by atoms with Gasteiger partial charge in [0, 0.05) is 18.0 Å². The van der Waals surface area contributed by atoms with Gasteiger partial charge in [0.2, 0.25) is 5.91 Å². The summed E-state index contributed by atoms with van der Waals surface area (Å²) in [6.07, 6.45) is 6.95. The maximum absolute atomic E-state index is 12.1. The van der Waals surface area contributed by atoms with Crippen LogP contribution in [0, 0.1) is 5.41 Å². The van der Waals surface area contributed by atoms with Gasteiger partial charge < -0.3 is 10.6 Å². The Bertz CT molecular complexity index is 228. The molecule has 0 aromatic rings. The molecule has 1 saturated heterocycles. The minimum absolute atomic E-state index is 0.0825. The molecule has 0 spiro atoms. The van der Waals surface area contributed by atoms with Crippen LogP contribution in [-0.2, 0) is 4.79 Å². The van der Waals surface area contributed by atoms with Gasteiger partial charge in [-0.1, -0.05) is 26.2 Å². The van der Waals surface area contributed by atoms with Crippen molar-refractivity contribution in [1.29, 1.82) is 0 Å². The molecule has 0 aromatic carbocycles. The first-order chi connectivity index (χ1) is 7.21. The second-order valence-electron chi connectivity index (χ2n) is 5.28. The molecule has 2 N–H and O–H groups in total. The molecule has 1 aliphatic heterocycles. The zero-order valence-corrected chi connectivity index (χ0v) is 9.64.